The first-order valence-corrected chi connectivity index (χ1v) is 8.26. The van der Waals surface area contributed by atoms with Crippen LogP contribution in [0.4, 0.5) is 0 Å². The SMILES string of the molecule is CCOC(=O)C1CCN(C(=O)CNC(=O)c2cccs2)CC1. The van der Waals surface area contributed by atoms with Crippen molar-refractivity contribution in [1.82, 2.24) is 10.2 Å². The van der Waals surface area contributed by atoms with Crippen LogP contribution in [-0.4, -0.2) is 48.9 Å². The van der Waals surface area contributed by atoms with E-state index in [0.29, 0.717) is 37.4 Å². The maximum Gasteiger partial charge on any atom is 0.309 e. The van der Waals surface area contributed by atoms with Crippen molar-refractivity contribution in [3.63, 3.8) is 0 Å². The second kappa shape index (κ2) is 7.93. The molecule has 1 N–H and O–H groups in total. The topological polar surface area (TPSA) is 75.7 Å². The van der Waals surface area contributed by atoms with Crippen molar-refractivity contribution in [2.75, 3.05) is 26.2 Å². The Morgan fingerprint density at radius 1 is 1.36 bits per heavy atom. The molecule has 1 aliphatic heterocycles. The summed E-state index contributed by atoms with van der Waals surface area (Å²) < 4.78 is 5.00. The van der Waals surface area contributed by atoms with Crippen LogP contribution in [0.3, 0.4) is 0 Å². The molecule has 22 heavy (non-hydrogen) atoms. The summed E-state index contributed by atoms with van der Waals surface area (Å²) in [6.45, 7) is 3.20. The number of likely N-dealkylation sites (tertiary alicyclic amines) is 1. The Balaban J connectivity index is 1.73. The zero-order chi connectivity index (χ0) is 15.9. The van der Waals surface area contributed by atoms with Gasteiger partial charge in [0.15, 0.2) is 0 Å². The molecule has 1 aliphatic rings. The lowest BCUT2D eigenvalue weighted by atomic mass is 9.97. The molecular weight excluding hydrogens is 304 g/mol. The molecule has 0 saturated carbocycles. The van der Waals surface area contributed by atoms with Crippen LogP contribution in [0.1, 0.15) is 29.4 Å². The van der Waals surface area contributed by atoms with E-state index in [2.05, 4.69) is 5.32 Å². The van der Waals surface area contributed by atoms with Gasteiger partial charge in [0.2, 0.25) is 5.91 Å². The van der Waals surface area contributed by atoms with Crippen LogP contribution in [0.25, 0.3) is 0 Å². The maximum absolute atomic E-state index is 12.1. The molecule has 0 radical (unpaired) electrons. The summed E-state index contributed by atoms with van der Waals surface area (Å²) in [5.41, 5.74) is 0. The summed E-state index contributed by atoms with van der Waals surface area (Å²) in [7, 11) is 0. The molecule has 1 aromatic heterocycles. The minimum Gasteiger partial charge on any atom is -0.466 e. The van der Waals surface area contributed by atoms with Gasteiger partial charge in [-0.3, -0.25) is 14.4 Å². The number of hydrogen-bond acceptors (Lipinski definition) is 5. The molecular formula is C15H20N2O4S. The fourth-order valence-electron chi connectivity index (χ4n) is 2.39. The number of ether oxygens (including phenoxy) is 1. The van der Waals surface area contributed by atoms with Crippen molar-refractivity contribution >= 4 is 29.1 Å². The third kappa shape index (κ3) is 4.30. The lowest BCUT2D eigenvalue weighted by Crippen LogP contribution is -2.45. The molecule has 2 rings (SSSR count). The smallest absolute Gasteiger partial charge is 0.309 e. The van der Waals surface area contributed by atoms with Gasteiger partial charge in [-0.2, -0.15) is 0 Å². The van der Waals surface area contributed by atoms with Gasteiger partial charge in [0, 0.05) is 13.1 Å². The quantitative estimate of drug-likeness (QED) is 0.828. The van der Waals surface area contributed by atoms with E-state index in [1.807, 2.05) is 5.38 Å². The number of carbonyl (C=O) groups excluding carboxylic acids is 3. The van der Waals surface area contributed by atoms with E-state index in [0.717, 1.165) is 0 Å². The lowest BCUT2D eigenvalue weighted by Gasteiger charge is -2.30. The molecule has 120 valence electrons. The van der Waals surface area contributed by atoms with Crippen molar-refractivity contribution in [2.45, 2.75) is 19.8 Å². The molecule has 0 spiro atoms. The summed E-state index contributed by atoms with van der Waals surface area (Å²) in [5, 5.41) is 4.44. The number of piperidine rings is 1. The maximum atomic E-state index is 12.1. The number of amides is 2. The van der Waals surface area contributed by atoms with Gasteiger partial charge in [-0.1, -0.05) is 6.07 Å². The van der Waals surface area contributed by atoms with Crippen molar-refractivity contribution in [1.29, 1.82) is 0 Å². The molecule has 1 saturated heterocycles. The van der Waals surface area contributed by atoms with Crippen LogP contribution in [0, 0.1) is 5.92 Å². The van der Waals surface area contributed by atoms with E-state index in [1.54, 1.807) is 24.0 Å². The molecule has 0 aromatic carbocycles. The van der Waals surface area contributed by atoms with Crippen molar-refractivity contribution in [3.05, 3.63) is 22.4 Å². The van der Waals surface area contributed by atoms with Crippen LogP contribution < -0.4 is 5.32 Å². The second-order valence-electron chi connectivity index (χ2n) is 5.07. The Hall–Kier alpha value is -1.89. The summed E-state index contributed by atoms with van der Waals surface area (Å²) in [4.78, 5) is 37.8. The number of carbonyl (C=O) groups is 3. The van der Waals surface area contributed by atoms with E-state index in [1.165, 1.54) is 11.3 Å². The first-order chi connectivity index (χ1) is 10.6. The standard InChI is InChI=1S/C15H20N2O4S/c1-2-21-15(20)11-5-7-17(8-6-11)13(18)10-16-14(19)12-4-3-9-22-12/h3-4,9,11H,2,5-8,10H2,1H3,(H,16,19). The Labute approximate surface area is 133 Å². The number of nitrogens with zero attached hydrogens (tertiary/aromatic N) is 1. The Bertz CT molecular complexity index is 522. The normalized spacial score (nSPS) is 15.4. The number of thiophene rings is 1. The fraction of sp³-hybridized carbons (Fsp3) is 0.533. The molecule has 0 atom stereocenters. The number of esters is 1. The van der Waals surface area contributed by atoms with Crippen LogP contribution in [0.15, 0.2) is 17.5 Å². The highest BCUT2D eigenvalue weighted by Gasteiger charge is 2.28. The Morgan fingerprint density at radius 2 is 2.09 bits per heavy atom. The highest BCUT2D eigenvalue weighted by molar-refractivity contribution is 7.12. The highest BCUT2D eigenvalue weighted by Crippen LogP contribution is 2.18. The Morgan fingerprint density at radius 3 is 2.68 bits per heavy atom. The molecule has 0 unspecified atom stereocenters. The zero-order valence-electron chi connectivity index (χ0n) is 12.5. The average molecular weight is 324 g/mol. The summed E-state index contributed by atoms with van der Waals surface area (Å²) in [5.74, 6) is -0.651. The minimum absolute atomic E-state index is 0.0131. The number of nitrogens with one attached hydrogen (secondary N) is 1. The molecule has 2 amide bonds. The fourth-order valence-corrected chi connectivity index (χ4v) is 3.03. The molecule has 0 aliphatic carbocycles. The second-order valence-corrected chi connectivity index (χ2v) is 6.01. The molecule has 1 aromatic rings. The molecule has 7 heteroatoms. The van der Waals surface area contributed by atoms with E-state index < -0.39 is 0 Å². The van der Waals surface area contributed by atoms with Crippen LogP contribution >= 0.6 is 11.3 Å². The number of rotatable bonds is 5. The minimum atomic E-state index is -0.232. The van der Waals surface area contributed by atoms with E-state index in [-0.39, 0.29) is 30.2 Å². The first kappa shape index (κ1) is 16.5. The van der Waals surface area contributed by atoms with E-state index in [4.69, 9.17) is 4.74 Å². The van der Waals surface area contributed by atoms with Crippen molar-refractivity contribution < 1.29 is 19.1 Å². The van der Waals surface area contributed by atoms with Crippen molar-refractivity contribution in [3.8, 4) is 0 Å². The molecule has 6 nitrogen and oxygen atoms in total. The largest absolute Gasteiger partial charge is 0.466 e. The van der Waals surface area contributed by atoms with Gasteiger partial charge in [-0.15, -0.1) is 11.3 Å². The lowest BCUT2D eigenvalue weighted by molar-refractivity contribution is -0.151. The first-order valence-electron chi connectivity index (χ1n) is 7.38. The van der Waals surface area contributed by atoms with Gasteiger partial charge in [-0.05, 0) is 31.2 Å². The molecule has 0 bridgehead atoms. The number of hydrogen-bond donors (Lipinski definition) is 1. The van der Waals surface area contributed by atoms with E-state index >= 15 is 0 Å². The highest BCUT2D eigenvalue weighted by atomic mass is 32.1. The van der Waals surface area contributed by atoms with Gasteiger partial charge in [0.1, 0.15) is 0 Å². The van der Waals surface area contributed by atoms with Crippen LogP contribution in [-0.2, 0) is 14.3 Å². The average Bonchev–Trinajstić information content (AvgIpc) is 3.07. The monoisotopic (exact) mass is 324 g/mol. The predicted molar refractivity (Wildman–Crippen MR) is 82.6 cm³/mol. The van der Waals surface area contributed by atoms with Gasteiger partial charge >= 0.3 is 5.97 Å². The van der Waals surface area contributed by atoms with Gasteiger partial charge in [0.25, 0.3) is 5.91 Å². The van der Waals surface area contributed by atoms with Gasteiger partial charge < -0.3 is 15.0 Å². The summed E-state index contributed by atoms with van der Waals surface area (Å²) in [6, 6.07) is 3.51. The van der Waals surface area contributed by atoms with Gasteiger partial charge in [-0.25, -0.2) is 0 Å². The Kier molecular flexibility index (Phi) is 5.94. The van der Waals surface area contributed by atoms with Gasteiger partial charge in [0.05, 0.1) is 23.9 Å². The van der Waals surface area contributed by atoms with Crippen molar-refractivity contribution in [2.24, 2.45) is 5.92 Å². The molecule has 2 heterocycles. The van der Waals surface area contributed by atoms with Crippen LogP contribution in [0.5, 0.6) is 0 Å². The third-order valence-corrected chi connectivity index (χ3v) is 4.48. The third-order valence-electron chi connectivity index (χ3n) is 3.61. The predicted octanol–water partition coefficient (Wildman–Crippen LogP) is 1.28. The van der Waals surface area contributed by atoms with Crippen LogP contribution in [0.2, 0.25) is 0 Å². The zero-order valence-corrected chi connectivity index (χ0v) is 13.4. The summed E-state index contributed by atoms with van der Waals surface area (Å²) >= 11 is 1.34. The van der Waals surface area contributed by atoms with E-state index in [9.17, 15) is 14.4 Å². The summed E-state index contributed by atoms with van der Waals surface area (Å²) in [6.07, 6.45) is 1.23. The molecule has 1 fully saturated rings.